The van der Waals surface area contributed by atoms with Crippen LogP contribution in [0.4, 0.5) is 0 Å². The zero-order valence-electron chi connectivity index (χ0n) is 33.8. The molecule has 2 heterocycles. The number of likely N-dealkylation sites (tertiary alicyclic amines) is 1. The summed E-state index contributed by atoms with van der Waals surface area (Å²) >= 11 is 0. The van der Waals surface area contributed by atoms with Gasteiger partial charge in [0.15, 0.2) is 18.1 Å². The van der Waals surface area contributed by atoms with E-state index in [0.29, 0.717) is 31.4 Å². The summed E-state index contributed by atoms with van der Waals surface area (Å²) in [5, 5.41) is 44.2. The third-order valence-corrected chi connectivity index (χ3v) is 10.6. The van der Waals surface area contributed by atoms with Crippen LogP contribution in [0.5, 0.6) is 5.75 Å². The van der Waals surface area contributed by atoms with Crippen LogP contribution in [-0.2, 0) is 28.8 Å². The molecule has 5 amide bonds. The molecule has 0 aromatic heterocycles. The largest absolute Gasteiger partial charge is 0.714 e. The molecule has 2 aliphatic heterocycles. The summed E-state index contributed by atoms with van der Waals surface area (Å²) in [7, 11) is 0. The van der Waals surface area contributed by atoms with Gasteiger partial charge in [0.1, 0.15) is 35.5 Å². The number of unbranched alkanes of at least 4 members (excludes halogenated alkanes) is 1. The van der Waals surface area contributed by atoms with Gasteiger partial charge in [0, 0.05) is 13.1 Å². The molecule has 2 aliphatic rings. The molecule has 12 N–H and O–H groups in total. The fourth-order valence-electron chi connectivity index (χ4n) is 6.37. The van der Waals surface area contributed by atoms with Crippen molar-refractivity contribution in [2.45, 2.75) is 115 Å². The number of nitrogens with one attached hydrogen (secondary N) is 4. The van der Waals surface area contributed by atoms with Crippen molar-refractivity contribution in [3.05, 3.63) is 35.0 Å². The summed E-state index contributed by atoms with van der Waals surface area (Å²) < 4.78 is 6.29. The number of nitrogens with zero attached hydrogens (tertiary/aromatic N) is 4. The van der Waals surface area contributed by atoms with Crippen molar-refractivity contribution in [3.63, 3.8) is 0 Å². The minimum Gasteiger partial charge on any atom is -0.714 e. The molecule has 21 heteroatoms. The highest BCUT2D eigenvalue weighted by atomic mass is 16.5. The predicted octanol–water partition coefficient (Wildman–Crippen LogP) is -1.57. The minimum atomic E-state index is -1.22. The van der Waals surface area contributed by atoms with Gasteiger partial charge in [-0.2, -0.15) is 0 Å². The average Bonchev–Trinajstić information content (AvgIpc) is 3.71. The summed E-state index contributed by atoms with van der Waals surface area (Å²) in [6.07, 6.45) is 2.36. The van der Waals surface area contributed by atoms with E-state index in [1.807, 2.05) is 0 Å². The highest BCUT2D eigenvalue weighted by molar-refractivity contribution is 5.97. The van der Waals surface area contributed by atoms with Crippen molar-refractivity contribution in [2.24, 2.45) is 22.2 Å². The second-order valence-electron chi connectivity index (χ2n) is 15.3. The molecule has 1 saturated heterocycles. The van der Waals surface area contributed by atoms with Gasteiger partial charge in [-0.25, -0.2) is 10.0 Å². The molecule has 0 spiro atoms. The SMILES string of the molecule is C[C@H](NC(=O)[C@@H]1CCCN1C(=O)[C@H](CCCN=C(N)N)NC(=O)CNC(=O)COc1ccc(C2=[N+]([O-])C(C)(C)C(C)(C)N2O)cc1)C(=O)N[C@@H](CCCCN)C(=O)O. The van der Waals surface area contributed by atoms with Crippen molar-refractivity contribution in [1.29, 1.82) is 0 Å². The monoisotopic (exact) mass is 817 g/mol. The summed E-state index contributed by atoms with van der Waals surface area (Å²) in [6, 6.07) is 1.83. The zero-order chi connectivity index (χ0) is 43.4. The van der Waals surface area contributed by atoms with Gasteiger partial charge in [0.05, 0.1) is 12.1 Å². The number of hydrogen-bond donors (Lipinski definition) is 9. The Morgan fingerprint density at radius 3 is 2.22 bits per heavy atom. The Kier molecular flexibility index (Phi) is 16.6. The first-order valence-electron chi connectivity index (χ1n) is 19.2. The lowest BCUT2D eigenvalue weighted by Gasteiger charge is -2.33. The Morgan fingerprint density at radius 2 is 1.64 bits per heavy atom. The van der Waals surface area contributed by atoms with Gasteiger partial charge in [-0.05, 0) is 110 Å². The highest BCUT2D eigenvalue weighted by Crippen LogP contribution is 2.37. The lowest BCUT2D eigenvalue weighted by Crippen LogP contribution is -2.57. The third kappa shape index (κ3) is 11.9. The van der Waals surface area contributed by atoms with E-state index in [1.54, 1.807) is 39.8 Å². The quantitative estimate of drug-likeness (QED) is 0.0223. The number of carboxylic acids is 1. The van der Waals surface area contributed by atoms with Crippen molar-refractivity contribution in [3.8, 4) is 5.75 Å². The topological polar surface area (TPSA) is 323 Å². The number of aliphatic carboxylic acids is 1. The van der Waals surface area contributed by atoms with Gasteiger partial charge in [0.2, 0.25) is 23.6 Å². The second kappa shape index (κ2) is 20.6. The van der Waals surface area contributed by atoms with E-state index >= 15 is 0 Å². The number of amides is 5. The molecule has 322 valence electrons. The number of carboxylic acid groups (broad SMARTS) is 1. The second-order valence-corrected chi connectivity index (χ2v) is 15.3. The number of benzene rings is 1. The highest BCUT2D eigenvalue weighted by Gasteiger charge is 2.58. The number of guanidine groups is 1. The first-order valence-corrected chi connectivity index (χ1v) is 19.2. The Labute approximate surface area is 337 Å². The maximum atomic E-state index is 13.8. The normalized spacial score (nSPS) is 18.4. The van der Waals surface area contributed by atoms with Crippen LogP contribution in [0.1, 0.15) is 85.1 Å². The summed E-state index contributed by atoms with van der Waals surface area (Å²) in [5.74, 6) is -4.25. The van der Waals surface area contributed by atoms with Crippen molar-refractivity contribution in [2.75, 3.05) is 32.8 Å². The number of amidine groups is 1. The Bertz CT molecular complexity index is 1710. The van der Waals surface area contributed by atoms with E-state index in [0.717, 1.165) is 9.80 Å². The summed E-state index contributed by atoms with van der Waals surface area (Å²) in [4.78, 5) is 82.5. The van der Waals surface area contributed by atoms with E-state index in [2.05, 4.69) is 26.3 Å². The molecule has 0 bridgehead atoms. The molecule has 4 atom stereocenters. The van der Waals surface area contributed by atoms with Crippen LogP contribution in [-0.4, -0.2) is 140 Å². The Morgan fingerprint density at radius 1 is 0.983 bits per heavy atom. The van der Waals surface area contributed by atoms with Crippen LogP contribution in [0.3, 0.4) is 0 Å². The number of rotatable bonds is 21. The van der Waals surface area contributed by atoms with E-state index in [4.69, 9.17) is 21.9 Å². The number of carbonyl (C=O) groups is 6. The molecule has 0 saturated carbocycles. The van der Waals surface area contributed by atoms with Crippen molar-refractivity contribution >= 4 is 47.3 Å². The maximum absolute atomic E-state index is 13.8. The Hall–Kier alpha value is -5.70. The van der Waals surface area contributed by atoms with Gasteiger partial charge in [-0.15, -0.1) is 5.06 Å². The predicted molar refractivity (Wildman–Crippen MR) is 211 cm³/mol. The standard InChI is InChI=1S/C37H59N11O10/c1-22(30(51)45-26(34(54)55)10-6-7-17-38)43-31(52)27-12-9-19-46(27)33(53)25(11-8-18-41-35(39)40)44-28(49)20-42-29(50)21-58-24-15-13-23(14-16-24)32-47(56)36(2,3)37(4,5)48(32)57/h13-16,22,25-27,56H,6-12,17-21,38H2,1-5H3,(H,42,50)(H,43,52)(H,44,49)(H,45,51)(H,54,55)(H4,39,40,41)/t22-,25-,26-,27-/m0/s1. The fraction of sp³-hybridized carbons (Fsp3) is 0.622. The van der Waals surface area contributed by atoms with Crippen LogP contribution < -0.4 is 43.2 Å². The van der Waals surface area contributed by atoms with Crippen LogP contribution in [0.15, 0.2) is 29.3 Å². The summed E-state index contributed by atoms with van der Waals surface area (Å²) in [6.45, 7) is 8.12. The first-order chi connectivity index (χ1) is 27.2. The van der Waals surface area contributed by atoms with Crippen molar-refractivity contribution < 1.29 is 48.6 Å². The van der Waals surface area contributed by atoms with E-state index < -0.39 is 83.9 Å². The van der Waals surface area contributed by atoms with E-state index in [-0.39, 0.29) is 56.3 Å². The number of carbonyl (C=O) groups excluding carboxylic acids is 5. The molecule has 3 rings (SSSR count). The summed E-state index contributed by atoms with van der Waals surface area (Å²) in [5.41, 5.74) is 15.0. The molecule has 1 aromatic carbocycles. The molecule has 1 fully saturated rings. The molecule has 1 aromatic rings. The van der Waals surface area contributed by atoms with Crippen LogP contribution in [0.2, 0.25) is 0 Å². The lowest BCUT2D eigenvalue weighted by atomic mass is 9.84. The van der Waals surface area contributed by atoms with Crippen LogP contribution >= 0.6 is 0 Å². The zero-order valence-corrected chi connectivity index (χ0v) is 33.8. The average molecular weight is 818 g/mol. The number of ether oxygens (including phenoxy) is 1. The number of nitrogens with two attached hydrogens (primary N) is 3. The molecule has 0 aliphatic carbocycles. The van der Waals surface area contributed by atoms with Crippen LogP contribution in [0.25, 0.3) is 0 Å². The third-order valence-electron chi connectivity index (χ3n) is 10.6. The molecular weight excluding hydrogens is 758 g/mol. The van der Waals surface area contributed by atoms with Gasteiger partial charge >= 0.3 is 11.8 Å². The maximum Gasteiger partial charge on any atom is 0.326 e. The molecule has 0 unspecified atom stereocenters. The molecule has 0 radical (unpaired) electrons. The number of aliphatic imine (C=N–C) groups is 1. The molecular formula is C37H59N11O10. The first kappa shape index (κ1) is 46.7. The van der Waals surface area contributed by atoms with Gasteiger partial charge < -0.3 is 58.4 Å². The van der Waals surface area contributed by atoms with E-state index in [9.17, 15) is 44.3 Å². The lowest BCUT2D eigenvalue weighted by molar-refractivity contribution is -0.539. The van der Waals surface area contributed by atoms with Crippen molar-refractivity contribution in [1.82, 2.24) is 31.2 Å². The smallest absolute Gasteiger partial charge is 0.326 e. The van der Waals surface area contributed by atoms with E-state index in [1.165, 1.54) is 24.0 Å². The molecule has 58 heavy (non-hydrogen) atoms. The van der Waals surface area contributed by atoms with Gasteiger partial charge in [-0.3, -0.25) is 33.7 Å². The number of hydroxylamine groups is 3. The van der Waals surface area contributed by atoms with Gasteiger partial charge in [0.25, 0.3) is 5.91 Å². The Balaban J connectivity index is 1.58. The molecule has 21 nitrogen and oxygen atoms in total. The number of hydrogen-bond acceptors (Lipinski definition) is 12. The minimum absolute atomic E-state index is 0.0681. The van der Waals surface area contributed by atoms with Crippen LogP contribution in [0, 0.1) is 5.21 Å². The van der Waals surface area contributed by atoms with Gasteiger partial charge in [-0.1, -0.05) is 0 Å². The fourth-order valence-corrected chi connectivity index (χ4v) is 6.37.